The largest absolute Gasteiger partial charge is 0.385 e. The summed E-state index contributed by atoms with van der Waals surface area (Å²) in [5.41, 5.74) is 0. The summed E-state index contributed by atoms with van der Waals surface area (Å²) >= 11 is 0. The molecular formula is C14H29N3O2. The van der Waals surface area contributed by atoms with Crippen molar-refractivity contribution in [3.8, 4) is 0 Å². The molecule has 1 heterocycles. The van der Waals surface area contributed by atoms with E-state index in [4.69, 9.17) is 4.74 Å². The lowest BCUT2D eigenvalue weighted by Crippen LogP contribution is -2.44. The number of ether oxygens (including phenoxy) is 1. The van der Waals surface area contributed by atoms with Crippen molar-refractivity contribution >= 4 is 5.91 Å². The number of likely N-dealkylation sites (tertiary alicyclic amines) is 1. The summed E-state index contributed by atoms with van der Waals surface area (Å²) in [6.07, 6.45) is 2.10. The van der Waals surface area contributed by atoms with Gasteiger partial charge in [0.05, 0.1) is 6.04 Å². The van der Waals surface area contributed by atoms with E-state index in [9.17, 15) is 4.79 Å². The zero-order valence-corrected chi connectivity index (χ0v) is 12.6. The maximum absolute atomic E-state index is 11.8. The molecule has 0 aliphatic carbocycles. The second-order valence-electron chi connectivity index (χ2n) is 5.32. The topological polar surface area (TPSA) is 53.6 Å². The van der Waals surface area contributed by atoms with E-state index in [0.717, 1.165) is 26.1 Å². The van der Waals surface area contributed by atoms with Crippen LogP contribution in [0.25, 0.3) is 0 Å². The Bertz CT molecular complexity index is 261. The molecule has 2 atom stereocenters. The standard InChI is InChI=1S/C14H29N3O2/c1-4-17-8-6-13(11-17)10-16-12(2)14(18)15-7-5-9-19-3/h12-13,16H,4-11H2,1-3H3,(H,15,18). The molecule has 112 valence electrons. The number of amides is 1. The number of methoxy groups -OCH3 is 1. The van der Waals surface area contributed by atoms with Crippen molar-refractivity contribution in [3.63, 3.8) is 0 Å². The van der Waals surface area contributed by atoms with Crippen LogP contribution in [0, 0.1) is 5.92 Å². The summed E-state index contributed by atoms with van der Waals surface area (Å²) in [5, 5.41) is 6.26. The molecule has 0 aromatic rings. The molecule has 0 bridgehead atoms. The smallest absolute Gasteiger partial charge is 0.236 e. The van der Waals surface area contributed by atoms with Gasteiger partial charge in [0.15, 0.2) is 0 Å². The summed E-state index contributed by atoms with van der Waals surface area (Å²) in [5.74, 6) is 0.769. The highest BCUT2D eigenvalue weighted by atomic mass is 16.5. The maximum Gasteiger partial charge on any atom is 0.236 e. The average Bonchev–Trinajstić information content (AvgIpc) is 2.88. The number of hydrogen-bond donors (Lipinski definition) is 2. The molecular weight excluding hydrogens is 242 g/mol. The number of rotatable bonds is 9. The van der Waals surface area contributed by atoms with Crippen molar-refractivity contribution in [3.05, 3.63) is 0 Å². The maximum atomic E-state index is 11.8. The highest BCUT2D eigenvalue weighted by molar-refractivity contribution is 5.81. The van der Waals surface area contributed by atoms with Crippen LogP contribution < -0.4 is 10.6 Å². The van der Waals surface area contributed by atoms with Gasteiger partial charge >= 0.3 is 0 Å². The Morgan fingerprint density at radius 2 is 2.32 bits per heavy atom. The molecule has 1 amide bonds. The second-order valence-corrected chi connectivity index (χ2v) is 5.32. The van der Waals surface area contributed by atoms with Crippen LogP contribution in [0.1, 0.15) is 26.7 Å². The van der Waals surface area contributed by atoms with Crippen LogP contribution in [0.15, 0.2) is 0 Å². The first-order valence-electron chi connectivity index (χ1n) is 7.39. The monoisotopic (exact) mass is 271 g/mol. The van der Waals surface area contributed by atoms with Crippen molar-refractivity contribution in [1.29, 1.82) is 0 Å². The van der Waals surface area contributed by atoms with Crippen LogP contribution in [0.5, 0.6) is 0 Å². The number of nitrogens with one attached hydrogen (secondary N) is 2. The average molecular weight is 271 g/mol. The predicted molar refractivity (Wildman–Crippen MR) is 77.2 cm³/mol. The van der Waals surface area contributed by atoms with Crippen molar-refractivity contribution in [2.24, 2.45) is 5.92 Å². The van der Waals surface area contributed by atoms with E-state index in [1.807, 2.05) is 6.92 Å². The van der Waals surface area contributed by atoms with E-state index in [1.54, 1.807) is 7.11 Å². The van der Waals surface area contributed by atoms with Crippen molar-refractivity contribution < 1.29 is 9.53 Å². The molecule has 1 saturated heterocycles. The molecule has 1 fully saturated rings. The quantitative estimate of drug-likeness (QED) is 0.598. The van der Waals surface area contributed by atoms with Gasteiger partial charge in [0, 0.05) is 26.8 Å². The molecule has 0 aromatic carbocycles. The predicted octanol–water partition coefficient (Wildman–Crippen LogP) is 0.459. The van der Waals surface area contributed by atoms with Crippen LogP contribution in [0.2, 0.25) is 0 Å². The summed E-state index contributed by atoms with van der Waals surface area (Å²) in [7, 11) is 1.67. The third kappa shape index (κ3) is 6.36. The number of carbonyl (C=O) groups is 1. The molecule has 5 heteroatoms. The minimum absolute atomic E-state index is 0.0847. The van der Waals surface area contributed by atoms with Gasteiger partial charge in [0.1, 0.15) is 0 Å². The second kappa shape index (κ2) is 9.28. The molecule has 0 aromatic heterocycles. The van der Waals surface area contributed by atoms with Gasteiger partial charge < -0.3 is 20.3 Å². The molecule has 1 aliphatic heterocycles. The molecule has 0 saturated carbocycles. The first-order chi connectivity index (χ1) is 9.17. The van der Waals surface area contributed by atoms with Crippen LogP contribution in [-0.2, 0) is 9.53 Å². The molecule has 2 N–H and O–H groups in total. The lowest BCUT2D eigenvalue weighted by molar-refractivity contribution is -0.122. The molecule has 1 rings (SSSR count). The van der Waals surface area contributed by atoms with Crippen molar-refractivity contribution in [2.45, 2.75) is 32.7 Å². The van der Waals surface area contributed by atoms with Crippen LogP contribution in [0.3, 0.4) is 0 Å². The normalized spacial score (nSPS) is 21.5. The molecule has 2 unspecified atom stereocenters. The molecule has 0 spiro atoms. The Balaban J connectivity index is 2.09. The van der Waals surface area contributed by atoms with Crippen LogP contribution in [0.4, 0.5) is 0 Å². The number of nitrogens with zero attached hydrogens (tertiary/aromatic N) is 1. The van der Waals surface area contributed by atoms with E-state index < -0.39 is 0 Å². The fourth-order valence-corrected chi connectivity index (χ4v) is 2.38. The Morgan fingerprint density at radius 1 is 1.53 bits per heavy atom. The lowest BCUT2D eigenvalue weighted by atomic mass is 10.1. The van der Waals surface area contributed by atoms with Gasteiger partial charge in [-0.2, -0.15) is 0 Å². The fourth-order valence-electron chi connectivity index (χ4n) is 2.38. The van der Waals surface area contributed by atoms with E-state index in [2.05, 4.69) is 22.5 Å². The Labute approximate surface area is 117 Å². The first-order valence-corrected chi connectivity index (χ1v) is 7.39. The van der Waals surface area contributed by atoms with Crippen molar-refractivity contribution in [1.82, 2.24) is 15.5 Å². The minimum Gasteiger partial charge on any atom is -0.385 e. The highest BCUT2D eigenvalue weighted by Gasteiger charge is 2.22. The summed E-state index contributed by atoms with van der Waals surface area (Å²) in [4.78, 5) is 14.3. The SMILES string of the molecule is CCN1CCC(CNC(C)C(=O)NCCCOC)C1. The first kappa shape index (κ1) is 16.4. The van der Waals surface area contributed by atoms with Gasteiger partial charge in [-0.1, -0.05) is 6.92 Å². The van der Waals surface area contributed by atoms with Gasteiger partial charge in [0.25, 0.3) is 0 Å². The van der Waals surface area contributed by atoms with Gasteiger partial charge in [0.2, 0.25) is 5.91 Å². The molecule has 19 heavy (non-hydrogen) atoms. The highest BCUT2D eigenvalue weighted by Crippen LogP contribution is 2.14. The van der Waals surface area contributed by atoms with E-state index in [1.165, 1.54) is 13.0 Å². The number of carbonyl (C=O) groups excluding carboxylic acids is 1. The van der Waals surface area contributed by atoms with Gasteiger partial charge in [-0.15, -0.1) is 0 Å². The van der Waals surface area contributed by atoms with E-state index >= 15 is 0 Å². The Morgan fingerprint density at radius 3 is 2.95 bits per heavy atom. The minimum atomic E-state index is -0.113. The lowest BCUT2D eigenvalue weighted by Gasteiger charge is -2.17. The molecule has 1 aliphatic rings. The zero-order valence-electron chi connectivity index (χ0n) is 12.6. The zero-order chi connectivity index (χ0) is 14.1. The third-order valence-corrected chi connectivity index (χ3v) is 3.75. The summed E-state index contributed by atoms with van der Waals surface area (Å²) in [6, 6.07) is -0.113. The Hall–Kier alpha value is -0.650. The van der Waals surface area contributed by atoms with Crippen LogP contribution >= 0.6 is 0 Å². The van der Waals surface area contributed by atoms with Gasteiger partial charge in [-0.3, -0.25) is 4.79 Å². The number of hydrogen-bond acceptors (Lipinski definition) is 4. The fraction of sp³-hybridized carbons (Fsp3) is 0.929. The van der Waals surface area contributed by atoms with Gasteiger partial charge in [-0.05, 0) is 45.3 Å². The Kier molecular flexibility index (Phi) is 8.02. The third-order valence-electron chi connectivity index (χ3n) is 3.75. The van der Waals surface area contributed by atoms with Crippen LogP contribution in [-0.4, -0.2) is 63.3 Å². The molecule has 5 nitrogen and oxygen atoms in total. The van der Waals surface area contributed by atoms with Gasteiger partial charge in [-0.25, -0.2) is 0 Å². The molecule has 0 radical (unpaired) electrons. The van der Waals surface area contributed by atoms with E-state index in [0.29, 0.717) is 19.1 Å². The van der Waals surface area contributed by atoms with E-state index in [-0.39, 0.29) is 11.9 Å². The van der Waals surface area contributed by atoms with Crippen molar-refractivity contribution in [2.75, 3.05) is 46.4 Å². The summed E-state index contributed by atoms with van der Waals surface area (Å²) in [6.45, 7) is 9.92. The summed E-state index contributed by atoms with van der Waals surface area (Å²) < 4.78 is 4.95.